The second-order valence-corrected chi connectivity index (χ2v) is 3.52. The average molecular weight is 234 g/mol. The molecular weight excluding hydrogens is 223 g/mol. The van der Waals surface area contributed by atoms with Gasteiger partial charge in [0.25, 0.3) is 0 Å². The molecule has 17 heavy (non-hydrogen) atoms. The van der Waals surface area contributed by atoms with E-state index in [-0.39, 0.29) is 12.4 Å². The lowest BCUT2D eigenvalue weighted by molar-refractivity contribution is 0.612. The fraction of sp³-hybridized carbons (Fsp3) is 0.182. The van der Waals surface area contributed by atoms with Crippen LogP contribution in [0.2, 0.25) is 0 Å². The van der Waals surface area contributed by atoms with E-state index in [1.807, 2.05) is 0 Å². The summed E-state index contributed by atoms with van der Waals surface area (Å²) in [6, 6.07) is 6.42. The molecule has 0 fully saturated rings. The summed E-state index contributed by atoms with van der Waals surface area (Å²) in [6.07, 6.45) is 0. The van der Waals surface area contributed by atoms with Crippen molar-refractivity contribution in [2.75, 3.05) is 5.32 Å². The van der Waals surface area contributed by atoms with Gasteiger partial charge >= 0.3 is 5.69 Å². The van der Waals surface area contributed by atoms with Crippen LogP contribution < -0.4 is 11.0 Å². The minimum atomic E-state index is -0.536. The Morgan fingerprint density at radius 3 is 2.94 bits per heavy atom. The maximum atomic E-state index is 13.3. The molecular formula is C11H11FN4O. The Bertz CT molecular complexity index is 582. The van der Waals surface area contributed by atoms with Crippen LogP contribution in [-0.4, -0.2) is 15.2 Å². The molecule has 88 valence electrons. The lowest BCUT2D eigenvalue weighted by atomic mass is 10.2. The van der Waals surface area contributed by atoms with Crippen LogP contribution in [0, 0.1) is 12.7 Å². The first-order valence-corrected chi connectivity index (χ1v) is 5.07. The molecule has 2 aromatic rings. The molecule has 2 rings (SSSR count). The summed E-state index contributed by atoms with van der Waals surface area (Å²) in [6.45, 7) is 1.96. The third kappa shape index (κ3) is 2.66. The quantitative estimate of drug-likeness (QED) is 0.837. The number of hydrogen-bond acceptors (Lipinski definition) is 4. The molecule has 1 aromatic carbocycles. The summed E-state index contributed by atoms with van der Waals surface area (Å²) >= 11 is 0. The van der Waals surface area contributed by atoms with E-state index in [1.165, 1.54) is 6.07 Å². The van der Waals surface area contributed by atoms with Crippen LogP contribution >= 0.6 is 0 Å². The minimum absolute atomic E-state index is 0.256. The number of anilines is 1. The number of aryl methyl sites for hydroxylation is 1. The number of halogens is 1. The molecule has 0 aliphatic carbocycles. The maximum absolute atomic E-state index is 13.3. The molecule has 0 amide bonds. The number of aromatic nitrogens is 3. The zero-order valence-electron chi connectivity index (χ0n) is 9.20. The van der Waals surface area contributed by atoms with Crippen LogP contribution in [0.15, 0.2) is 29.1 Å². The van der Waals surface area contributed by atoms with Crippen LogP contribution in [0.1, 0.15) is 11.3 Å². The van der Waals surface area contributed by atoms with Crippen LogP contribution in [0.5, 0.6) is 0 Å². The molecule has 2 N–H and O–H groups in total. The van der Waals surface area contributed by atoms with Crippen molar-refractivity contribution in [2.24, 2.45) is 0 Å². The summed E-state index contributed by atoms with van der Waals surface area (Å²) in [5, 5.41) is 8.85. The topological polar surface area (TPSA) is 70.7 Å². The molecule has 0 bridgehead atoms. The molecule has 5 nitrogen and oxygen atoms in total. The molecule has 0 saturated carbocycles. The lowest BCUT2D eigenvalue weighted by Gasteiger charge is -2.07. The summed E-state index contributed by atoms with van der Waals surface area (Å²) < 4.78 is 13.3. The third-order valence-corrected chi connectivity index (χ3v) is 2.28. The zero-order valence-corrected chi connectivity index (χ0v) is 9.20. The number of rotatable bonds is 3. The Morgan fingerprint density at radius 2 is 2.18 bits per heavy atom. The normalized spacial score (nSPS) is 10.2. The highest BCUT2D eigenvalue weighted by Crippen LogP contribution is 2.10. The Balaban J connectivity index is 2.15. The van der Waals surface area contributed by atoms with Crippen LogP contribution in [-0.2, 0) is 6.54 Å². The highest BCUT2D eigenvalue weighted by atomic mass is 19.1. The number of benzene rings is 1. The van der Waals surface area contributed by atoms with Crippen molar-refractivity contribution in [2.45, 2.75) is 13.5 Å². The largest absolute Gasteiger partial charge is 0.364 e. The van der Waals surface area contributed by atoms with E-state index in [0.29, 0.717) is 17.1 Å². The number of hydrogen-bond donors (Lipinski definition) is 2. The molecule has 0 atom stereocenters. The van der Waals surface area contributed by atoms with Gasteiger partial charge in [-0.3, -0.25) is 0 Å². The van der Waals surface area contributed by atoms with Crippen molar-refractivity contribution >= 4 is 5.82 Å². The van der Waals surface area contributed by atoms with Gasteiger partial charge in [0, 0.05) is 12.1 Å². The van der Waals surface area contributed by atoms with Crippen LogP contribution in [0.25, 0.3) is 0 Å². The molecule has 0 aliphatic rings. The van der Waals surface area contributed by atoms with E-state index in [0.717, 1.165) is 0 Å². The van der Waals surface area contributed by atoms with E-state index < -0.39 is 5.69 Å². The van der Waals surface area contributed by atoms with Gasteiger partial charge in [0.15, 0.2) is 5.82 Å². The predicted molar refractivity (Wildman–Crippen MR) is 61.1 cm³/mol. The van der Waals surface area contributed by atoms with Gasteiger partial charge < -0.3 is 5.32 Å². The zero-order chi connectivity index (χ0) is 12.3. The first kappa shape index (κ1) is 11.3. The fourth-order valence-corrected chi connectivity index (χ4v) is 1.38. The molecule has 0 aliphatic heterocycles. The van der Waals surface area contributed by atoms with Crippen molar-refractivity contribution in [3.63, 3.8) is 0 Å². The Kier molecular flexibility index (Phi) is 3.13. The van der Waals surface area contributed by atoms with E-state index in [4.69, 9.17) is 0 Å². The van der Waals surface area contributed by atoms with Crippen LogP contribution in [0.4, 0.5) is 10.2 Å². The second kappa shape index (κ2) is 4.73. The van der Waals surface area contributed by atoms with Gasteiger partial charge in [-0.05, 0) is 13.0 Å². The van der Waals surface area contributed by atoms with Gasteiger partial charge in [-0.2, -0.15) is 10.1 Å². The SMILES string of the molecule is Cc1n[nH]c(=O)nc1NCc1ccccc1F. The van der Waals surface area contributed by atoms with Crippen molar-refractivity contribution in [1.29, 1.82) is 0 Å². The van der Waals surface area contributed by atoms with Crippen molar-refractivity contribution in [1.82, 2.24) is 15.2 Å². The minimum Gasteiger partial charge on any atom is -0.364 e. The van der Waals surface area contributed by atoms with Gasteiger partial charge in [-0.15, -0.1) is 0 Å². The van der Waals surface area contributed by atoms with E-state index >= 15 is 0 Å². The third-order valence-electron chi connectivity index (χ3n) is 2.28. The summed E-state index contributed by atoms with van der Waals surface area (Å²) in [4.78, 5) is 14.7. The Morgan fingerprint density at radius 1 is 1.41 bits per heavy atom. The Labute approximate surface area is 96.7 Å². The van der Waals surface area contributed by atoms with E-state index in [1.54, 1.807) is 25.1 Å². The number of aromatic amines is 1. The molecule has 0 spiro atoms. The van der Waals surface area contributed by atoms with E-state index in [2.05, 4.69) is 20.5 Å². The van der Waals surface area contributed by atoms with Crippen LogP contribution in [0.3, 0.4) is 0 Å². The monoisotopic (exact) mass is 234 g/mol. The number of H-pyrrole nitrogens is 1. The molecule has 0 saturated heterocycles. The Hall–Kier alpha value is -2.24. The van der Waals surface area contributed by atoms with Gasteiger partial charge in [0.2, 0.25) is 0 Å². The van der Waals surface area contributed by atoms with Crippen molar-refractivity contribution < 1.29 is 4.39 Å². The fourth-order valence-electron chi connectivity index (χ4n) is 1.38. The predicted octanol–water partition coefficient (Wildman–Crippen LogP) is 1.22. The van der Waals surface area contributed by atoms with Gasteiger partial charge in [0.05, 0.1) is 0 Å². The van der Waals surface area contributed by atoms with Gasteiger partial charge in [-0.1, -0.05) is 18.2 Å². The number of nitrogens with zero attached hydrogens (tertiary/aromatic N) is 2. The average Bonchev–Trinajstić information content (AvgIpc) is 2.32. The van der Waals surface area contributed by atoms with Crippen molar-refractivity contribution in [3.05, 3.63) is 51.8 Å². The molecule has 6 heteroatoms. The molecule has 0 radical (unpaired) electrons. The summed E-state index contributed by atoms with van der Waals surface area (Å²) in [5.41, 5.74) is 0.529. The highest BCUT2D eigenvalue weighted by molar-refractivity contribution is 5.38. The molecule has 0 unspecified atom stereocenters. The first-order chi connectivity index (χ1) is 8.16. The highest BCUT2D eigenvalue weighted by Gasteiger charge is 2.04. The maximum Gasteiger partial charge on any atom is 0.363 e. The summed E-state index contributed by atoms with van der Waals surface area (Å²) in [5.74, 6) is 0.0625. The van der Waals surface area contributed by atoms with Crippen molar-refractivity contribution in [3.8, 4) is 0 Å². The lowest BCUT2D eigenvalue weighted by Crippen LogP contribution is -2.17. The first-order valence-electron chi connectivity index (χ1n) is 5.07. The van der Waals surface area contributed by atoms with Gasteiger partial charge in [-0.25, -0.2) is 14.3 Å². The van der Waals surface area contributed by atoms with E-state index in [9.17, 15) is 9.18 Å². The smallest absolute Gasteiger partial charge is 0.363 e. The molecule has 1 aromatic heterocycles. The second-order valence-electron chi connectivity index (χ2n) is 3.52. The van der Waals surface area contributed by atoms with Gasteiger partial charge in [0.1, 0.15) is 11.5 Å². The summed E-state index contributed by atoms with van der Waals surface area (Å²) in [7, 11) is 0. The standard InChI is InChI=1S/C11H11FN4O/c1-7-10(14-11(17)16-15-7)13-6-8-4-2-3-5-9(8)12/h2-5H,6H2,1H3,(H2,13,14,16,17). The number of nitrogens with one attached hydrogen (secondary N) is 2. The molecule has 1 heterocycles.